The number of ether oxygens (including phenoxy) is 1. The van der Waals surface area contributed by atoms with Crippen molar-refractivity contribution in [1.29, 1.82) is 5.26 Å². The van der Waals surface area contributed by atoms with Crippen LogP contribution < -0.4 is 4.74 Å². The number of nitrogens with zero attached hydrogens (tertiary/aromatic N) is 7. The summed E-state index contributed by atoms with van der Waals surface area (Å²) in [5.74, 6) is -1.21. The van der Waals surface area contributed by atoms with Crippen molar-refractivity contribution in [3.63, 3.8) is 0 Å². The van der Waals surface area contributed by atoms with Crippen LogP contribution in [0.15, 0.2) is 85.2 Å². The molecule has 1 aliphatic rings. The van der Waals surface area contributed by atoms with Gasteiger partial charge in [-0.3, -0.25) is 0 Å². The molecule has 1 fully saturated rings. The Labute approximate surface area is 261 Å². The Balaban J connectivity index is 1.15. The molecule has 10 nitrogen and oxygen atoms in total. The number of pyridine rings is 1. The van der Waals surface area contributed by atoms with Gasteiger partial charge < -0.3 is 14.4 Å². The molecule has 228 valence electrons. The first kappa shape index (κ1) is 28.8. The predicted octanol–water partition coefficient (Wildman–Crippen LogP) is 5.90. The van der Waals surface area contributed by atoms with Gasteiger partial charge in [-0.2, -0.15) is 5.26 Å². The number of fused-ring (bicyclic) bond motifs is 1. The molecule has 1 aliphatic carbocycles. The van der Waals surface area contributed by atoms with Crippen molar-refractivity contribution >= 4 is 17.0 Å². The molecule has 0 atom stereocenters. The van der Waals surface area contributed by atoms with Crippen LogP contribution >= 0.6 is 0 Å². The molecule has 7 rings (SSSR count). The summed E-state index contributed by atoms with van der Waals surface area (Å²) in [7, 11) is 0. The topological polar surface area (TPSA) is 132 Å². The van der Waals surface area contributed by atoms with E-state index in [-0.39, 0.29) is 41.1 Å². The lowest BCUT2D eigenvalue weighted by Crippen LogP contribution is -2.25. The summed E-state index contributed by atoms with van der Waals surface area (Å²) in [6, 6.07) is 20.7. The minimum absolute atomic E-state index is 0.0888. The smallest absolute Gasteiger partial charge is 0.335 e. The zero-order chi connectivity index (χ0) is 31.8. The van der Waals surface area contributed by atoms with E-state index in [9.17, 15) is 14.3 Å². The van der Waals surface area contributed by atoms with Gasteiger partial charge >= 0.3 is 5.97 Å². The predicted molar refractivity (Wildman–Crippen MR) is 162 cm³/mol. The molecule has 12 heteroatoms. The maximum absolute atomic E-state index is 15.7. The number of halogens is 2. The van der Waals surface area contributed by atoms with Gasteiger partial charge in [0.05, 0.1) is 45.7 Å². The monoisotopic (exact) mass is 617 g/mol. The Bertz CT molecular complexity index is 2150. The molecule has 0 saturated heterocycles. The summed E-state index contributed by atoms with van der Waals surface area (Å²) in [6.45, 7) is 0.391. The fraction of sp³-hybridized carbons (Fsp3) is 0.176. The molecular weight excluding hydrogens is 592 g/mol. The molecule has 0 radical (unpaired) electrons. The highest BCUT2D eigenvalue weighted by Crippen LogP contribution is 2.45. The molecule has 0 unspecified atom stereocenters. The third-order valence-electron chi connectivity index (χ3n) is 8.24. The number of carboxylic acids is 1. The zero-order valence-electron chi connectivity index (χ0n) is 24.3. The molecular formula is C34H25F2N7O3. The molecule has 6 aromatic rings. The van der Waals surface area contributed by atoms with Gasteiger partial charge in [0, 0.05) is 36.4 Å². The van der Waals surface area contributed by atoms with Crippen molar-refractivity contribution in [2.45, 2.75) is 38.0 Å². The maximum Gasteiger partial charge on any atom is 0.335 e. The lowest BCUT2D eigenvalue weighted by molar-refractivity contribution is 0.0697. The normalized spacial score (nSPS) is 13.4. The SMILES string of the molecule is N#Cc1ccc(COc2cccc(-c3ccc(Cc4nc5ccc(C(=O)O)cc5n4CC4(n5ccnn5)CC4)c(F)c3)n2)c(F)c1. The van der Waals surface area contributed by atoms with E-state index in [0.717, 1.165) is 18.9 Å². The third kappa shape index (κ3) is 5.54. The first-order valence-electron chi connectivity index (χ1n) is 14.5. The summed E-state index contributed by atoms with van der Waals surface area (Å²) >= 11 is 0. The van der Waals surface area contributed by atoms with E-state index >= 15 is 4.39 Å². The Morgan fingerprint density at radius 3 is 2.54 bits per heavy atom. The van der Waals surface area contributed by atoms with Crippen molar-refractivity contribution in [3.05, 3.63) is 125 Å². The minimum atomic E-state index is -1.04. The van der Waals surface area contributed by atoms with Gasteiger partial charge in [-0.15, -0.1) is 5.10 Å². The summed E-state index contributed by atoms with van der Waals surface area (Å²) in [6.07, 6.45) is 5.35. The molecule has 3 heterocycles. The van der Waals surface area contributed by atoms with Crippen molar-refractivity contribution < 1.29 is 23.4 Å². The number of carbonyl (C=O) groups is 1. The molecule has 1 saturated carbocycles. The van der Waals surface area contributed by atoms with E-state index < -0.39 is 17.6 Å². The Kier molecular flexibility index (Phi) is 7.21. The third-order valence-corrected chi connectivity index (χ3v) is 8.24. The Morgan fingerprint density at radius 1 is 1.00 bits per heavy atom. The van der Waals surface area contributed by atoms with Crippen LogP contribution in [0.3, 0.4) is 0 Å². The number of hydrogen-bond acceptors (Lipinski definition) is 7. The van der Waals surface area contributed by atoms with Crippen molar-refractivity contribution in [2.75, 3.05) is 0 Å². The highest BCUT2D eigenvalue weighted by molar-refractivity contribution is 5.92. The number of hydrogen-bond donors (Lipinski definition) is 1. The summed E-state index contributed by atoms with van der Waals surface area (Å²) < 4.78 is 39.4. The van der Waals surface area contributed by atoms with Gasteiger partial charge in [-0.05, 0) is 60.9 Å². The van der Waals surface area contributed by atoms with E-state index in [1.807, 2.05) is 21.5 Å². The number of aromatic carboxylic acids is 1. The van der Waals surface area contributed by atoms with Crippen molar-refractivity contribution in [3.8, 4) is 23.2 Å². The second-order valence-electron chi connectivity index (χ2n) is 11.2. The van der Waals surface area contributed by atoms with E-state index in [1.165, 1.54) is 24.3 Å². The number of carboxylic acid groups (broad SMARTS) is 1. The van der Waals surface area contributed by atoms with Crippen molar-refractivity contribution in [1.82, 2.24) is 29.5 Å². The Hall–Kier alpha value is -5.96. The van der Waals surface area contributed by atoms with Crippen LogP contribution in [-0.2, 0) is 25.1 Å². The van der Waals surface area contributed by atoms with Crippen LogP contribution in [0.5, 0.6) is 5.88 Å². The van der Waals surface area contributed by atoms with Gasteiger partial charge in [0.15, 0.2) is 0 Å². The van der Waals surface area contributed by atoms with E-state index in [0.29, 0.717) is 40.2 Å². The van der Waals surface area contributed by atoms with Crippen molar-refractivity contribution in [2.24, 2.45) is 0 Å². The number of rotatable bonds is 10. The fourth-order valence-electron chi connectivity index (χ4n) is 5.54. The molecule has 3 aromatic heterocycles. The molecule has 0 aliphatic heterocycles. The molecule has 1 N–H and O–H groups in total. The maximum atomic E-state index is 15.7. The van der Waals surface area contributed by atoms with Gasteiger partial charge in [0.1, 0.15) is 24.1 Å². The average molecular weight is 618 g/mol. The van der Waals surface area contributed by atoms with Crippen LogP contribution in [0.1, 0.15) is 45.7 Å². The second-order valence-corrected chi connectivity index (χ2v) is 11.2. The fourth-order valence-corrected chi connectivity index (χ4v) is 5.54. The first-order chi connectivity index (χ1) is 22.3. The first-order valence-corrected chi connectivity index (χ1v) is 14.5. The summed E-state index contributed by atoms with van der Waals surface area (Å²) in [4.78, 5) is 21.0. The second kappa shape index (κ2) is 11.5. The number of aromatic nitrogens is 6. The number of imidazole rings is 1. The van der Waals surface area contributed by atoms with Crippen LogP contribution in [0.2, 0.25) is 0 Å². The number of nitriles is 1. The van der Waals surface area contributed by atoms with E-state index in [4.69, 9.17) is 15.0 Å². The average Bonchev–Trinajstić information content (AvgIpc) is 3.46. The Morgan fingerprint density at radius 2 is 1.83 bits per heavy atom. The van der Waals surface area contributed by atoms with Gasteiger partial charge in [0.25, 0.3) is 0 Å². The molecule has 3 aromatic carbocycles. The van der Waals surface area contributed by atoms with Gasteiger partial charge in [-0.25, -0.2) is 28.2 Å². The standard InChI is InChI=1S/C34H25F2N7O3/c35-26-14-21(18-37)4-5-25(26)19-46-32-3-1-2-28(40-32)23-7-6-22(27(36)15-23)17-31-39-29-9-8-24(33(44)45)16-30(29)42(31)20-34(10-11-34)43-13-12-38-41-43/h1-9,12-16H,10-11,17,19-20H2,(H,44,45). The molecule has 0 spiro atoms. The van der Waals surface area contributed by atoms with Gasteiger partial charge in [0.2, 0.25) is 5.88 Å². The van der Waals surface area contributed by atoms with E-state index in [1.54, 1.807) is 48.7 Å². The zero-order valence-corrected chi connectivity index (χ0v) is 24.3. The summed E-state index contributed by atoms with van der Waals surface area (Å²) in [5.41, 5.74) is 3.00. The van der Waals surface area contributed by atoms with Crippen LogP contribution in [0.4, 0.5) is 8.78 Å². The molecule has 46 heavy (non-hydrogen) atoms. The highest BCUT2D eigenvalue weighted by atomic mass is 19.1. The van der Waals surface area contributed by atoms with Gasteiger partial charge in [-0.1, -0.05) is 29.5 Å². The van der Waals surface area contributed by atoms with Crippen LogP contribution in [0, 0.1) is 23.0 Å². The van der Waals surface area contributed by atoms with Crippen LogP contribution in [-0.4, -0.2) is 40.6 Å². The lowest BCUT2D eigenvalue weighted by atomic mass is 10.1. The lowest BCUT2D eigenvalue weighted by Gasteiger charge is -2.19. The molecule has 0 bridgehead atoms. The summed E-state index contributed by atoms with van der Waals surface area (Å²) in [5, 5.41) is 26.7. The minimum Gasteiger partial charge on any atom is -0.478 e. The number of benzene rings is 3. The van der Waals surface area contributed by atoms with E-state index in [2.05, 4.69) is 15.3 Å². The quantitative estimate of drug-likeness (QED) is 0.201. The molecule has 0 amide bonds. The highest BCUT2D eigenvalue weighted by Gasteiger charge is 2.46. The van der Waals surface area contributed by atoms with Crippen LogP contribution in [0.25, 0.3) is 22.3 Å². The largest absolute Gasteiger partial charge is 0.478 e.